The van der Waals surface area contributed by atoms with Crippen molar-refractivity contribution < 1.29 is 29.0 Å². The zero-order valence-corrected chi connectivity index (χ0v) is 18.2. The number of β-lactam (4-membered cyclic amide) rings is 1. The number of esters is 1. The molecule has 2 saturated heterocycles. The van der Waals surface area contributed by atoms with Gasteiger partial charge in [-0.1, -0.05) is 28.1 Å². The zero-order chi connectivity index (χ0) is 21.7. The average molecular weight is 486 g/mol. The van der Waals surface area contributed by atoms with Crippen molar-refractivity contribution >= 4 is 51.4 Å². The number of nitrogens with zero attached hydrogens (tertiary/aromatic N) is 1. The van der Waals surface area contributed by atoms with E-state index in [-0.39, 0.29) is 0 Å². The molecule has 0 radical (unpaired) electrons. The maximum Gasteiger partial charge on any atom is 0.344 e. The SMILES string of the molecule is COC(=O)[C@]1(NC(=O)C(N)c2cccc(Br)c2)C(=O)N2[C@@H](C(=O)O)C(C)(C)S[C@@H]21. The number of fused-ring (bicyclic) bond motifs is 1. The van der Waals surface area contributed by atoms with Gasteiger partial charge in [-0.05, 0) is 31.5 Å². The minimum Gasteiger partial charge on any atom is -0.480 e. The summed E-state index contributed by atoms with van der Waals surface area (Å²) in [6.07, 6.45) is 0. The number of carboxylic acids is 1. The topological polar surface area (TPSA) is 139 Å². The van der Waals surface area contributed by atoms with Crippen molar-refractivity contribution in [1.82, 2.24) is 10.2 Å². The van der Waals surface area contributed by atoms with Crippen LogP contribution in [0.3, 0.4) is 0 Å². The molecule has 1 aromatic carbocycles. The molecule has 1 unspecified atom stereocenters. The zero-order valence-electron chi connectivity index (χ0n) is 15.8. The molecule has 29 heavy (non-hydrogen) atoms. The van der Waals surface area contributed by atoms with Gasteiger partial charge in [-0.2, -0.15) is 0 Å². The van der Waals surface area contributed by atoms with E-state index in [2.05, 4.69) is 21.2 Å². The monoisotopic (exact) mass is 485 g/mol. The van der Waals surface area contributed by atoms with Crippen LogP contribution in [0.25, 0.3) is 0 Å². The molecular formula is C18H20BrN3O6S. The fraction of sp³-hybridized carbons (Fsp3) is 0.444. The maximum atomic E-state index is 13.0. The fourth-order valence-electron chi connectivity index (χ4n) is 3.70. The van der Waals surface area contributed by atoms with E-state index < -0.39 is 51.5 Å². The standard InChI is InChI=1S/C18H20BrN3O6S/c1-17(2)11(13(24)25)22-14(26)18(15(22)29-17,16(27)28-3)21-12(23)10(20)8-5-4-6-9(19)7-8/h4-7,10-11,15H,20H2,1-3H3,(H,21,23)(H,24,25)/t10?,11-,15+,18-/m0/s1. The number of hydrogen-bond donors (Lipinski definition) is 3. The number of aliphatic carboxylic acids is 1. The Hall–Kier alpha value is -2.11. The molecule has 2 amide bonds. The van der Waals surface area contributed by atoms with Crippen LogP contribution in [0.5, 0.6) is 0 Å². The Morgan fingerprint density at radius 2 is 2.03 bits per heavy atom. The summed E-state index contributed by atoms with van der Waals surface area (Å²) in [6, 6.07) is 4.47. The molecule has 0 saturated carbocycles. The van der Waals surface area contributed by atoms with Crippen LogP contribution in [-0.2, 0) is 23.9 Å². The molecule has 2 fully saturated rings. The van der Waals surface area contributed by atoms with E-state index in [1.807, 2.05) is 0 Å². The first-order valence-corrected chi connectivity index (χ1v) is 10.3. The first-order valence-electron chi connectivity index (χ1n) is 8.62. The van der Waals surface area contributed by atoms with Crippen molar-refractivity contribution in [2.45, 2.75) is 41.6 Å². The van der Waals surface area contributed by atoms with E-state index in [1.165, 1.54) is 0 Å². The van der Waals surface area contributed by atoms with Gasteiger partial charge in [-0.15, -0.1) is 11.8 Å². The van der Waals surface area contributed by atoms with Crippen LogP contribution in [0.4, 0.5) is 0 Å². The Morgan fingerprint density at radius 3 is 2.59 bits per heavy atom. The summed E-state index contributed by atoms with van der Waals surface area (Å²) >= 11 is 4.42. The maximum absolute atomic E-state index is 13.0. The highest BCUT2D eigenvalue weighted by molar-refractivity contribution is 9.10. The summed E-state index contributed by atoms with van der Waals surface area (Å²) in [7, 11) is 1.10. The third kappa shape index (κ3) is 3.21. The van der Waals surface area contributed by atoms with Gasteiger partial charge >= 0.3 is 11.9 Å². The molecule has 4 N–H and O–H groups in total. The molecule has 156 valence electrons. The van der Waals surface area contributed by atoms with Crippen molar-refractivity contribution in [3.63, 3.8) is 0 Å². The van der Waals surface area contributed by atoms with Crippen molar-refractivity contribution in [1.29, 1.82) is 0 Å². The number of halogens is 1. The number of nitrogens with one attached hydrogen (secondary N) is 1. The number of rotatable bonds is 5. The summed E-state index contributed by atoms with van der Waals surface area (Å²) in [4.78, 5) is 51.3. The number of thioether (sulfide) groups is 1. The Kier molecular flexibility index (Phi) is 5.43. The van der Waals surface area contributed by atoms with Gasteiger partial charge in [0, 0.05) is 9.22 Å². The third-order valence-electron chi connectivity index (χ3n) is 5.10. The van der Waals surface area contributed by atoms with Crippen LogP contribution in [0.1, 0.15) is 25.5 Å². The van der Waals surface area contributed by atoms with Gasteiger partial charge in [0.05, 0.1) is 7.11 Å². The van der Waals surface area contributed by atoms with E-state index >= 15 is 0 Å². The van der Waals surface area contributed by atoms with E-state index in [0.29, 0.717) is 10.0 Å². The summed E-state index contributed by atoms with van der Waals surface area (Å²) < 4.78 is 4.63. The number of ether oxygens (including phenoxy) is 1. The quantitative estimate of drug-likeness (QED) is 0.313. The highest BCUT2D eigenvalue weighted by atomic mass is 79.9. The number of methoxy groups -OCH3 is 1. The predicted molar refractivity (Wildman–Crippen MR) is 108 cm³/mol. The molecule has 2 aliphatic rings. The van der Waals surface area contributed by atoms with Gasteiger partial charge in [-0.3, -0.25) is 9.59 Å². The average Bonchev–Trinajstić information content (AvgIpc) is 2.93. The second kappa shape index (κ2) is 7.29. The third-order valence-corrected chi connectivity index (χ3v) is 7.23. The number of carbonyl (C=O) groups excluding carboxylic acids is 3. The number of benzene rings is 1. The molecule has 0 aromatic heterocycles. The molecule has 0 aliphatic carbocycles. The largest absolute Gasteiger partial charge is 0.480 e. The molecule has 1 aromatic rings. The van der Waals surface area contributed by atoms with Gasteiger partial charge < -0.3 is 25.8 Å². The van der Waals surface area contributed by atoms with Gasteiger partial charge in [0.15, 0.2) is 0 Å². The lowest BCUT2D eigenvalue weighted by molar-refractivity contribution is -0.180. The van der Waals surface area contributed by atoms with Crippen LogP contribution in [0.15, 0.2) is 28.7 Å². The lowest BCUT2D eigenvalue weighted by atomic mass is 9.84. The lowest BCUT2D eigenvalue weighted by Crippen LogP contribution is -2.83. The van der Waals surface area contributed by atoms with Crippen LogP contribution in [0.2, 0.25) is 0 Å². The first-order chi connectivity index (χ1) is 13.5. The molecule has 0 bridgehead atoms. The molecule has 9 nitrogen and oxygen atoms in total. The van der Waals surface area contributed by atoms with E-state index in [9.17, 15) is 24.3 Å². The summed E-state index contributed by atoms with van der Waals surface area (Å²) in [5.41, 5.74) is 4.48. The predicted octanol–water partition coefficient (Wildman–Crippen LogP) is 0.624. The van der Waals surface area contributed by atoms with Crippen molar-refractivity contribution in [2.75, 3.05) is 7.11 Å². The number of hydrogen-bond acceptors (Lipinski definition) is 7. The van der Waals surface area contributed by atoms with Crippen LogP contribution < -0.4 is 11.1 Å². The summed E-state index contributed by atoms with van der Waals surface area (Å²) in [6.45, 7) is 3.33. The van der Waals surface area contributed by atoms with Gasteiger partial charge in [-0.25, -0.2) is 9.59 Å². The molecule has 3 rings (SSSR count). The highest BCUT2D eigenvalue weighted by Gasteiger charge is 2.76. The number of nitrogens with two attached hydrogens (primary N) is 1. The van der Waals surface area contributed by atoms with E-state index in [0.717, 1.165) is 23.8 Å². The second-order valence-corrected chi connectivity index (χ2v) is 10.00. The Morgan fingerprint density at radius 1 is 1.38 bits per heavy atom. The second-order valence-electron chi connectivity index (χ2n) is 7.35. The van der Waals surface area contributed by atoms with Gasteiger partial charge in [0.25, 0.3) is 5.91 Å². The van der Waals surface area contributed by atoms with E-state index in [1.54, 1.807) is 38.1 Å². The minimum absolute atomic E-state index is 0.475. The van der Waals surface area contributed by atoms with Crippen molar-refractivity contribution in [3.05, 3.63) is 34.3 Å². The van der Waals surface area contributed by atoms with Crippen molar-refractivity contribution in [2.24, 2.45) is 5.73 Å². The molecule has 4 atom stereocenters. The van der Waals surface area contributed by atoms with Crippen LogP contribution >= 0.6 is 27.7 Å². The fourth-order valence-corrected chi connectivity index (χ4v) is 5.80. The van der Waals surface area contributed by atoms with E-state index in [4.69, 9.17) is 10.5 Å². The van der Waals surface area contributed by atoms with Gasteiger partial charge in [0.2, 0.25) is 11.4 Å². The van der Waals surface area contributed by atoms with Crippen molar-refractivity contribution in [3.8, 4) is 0 Å². The van der Waals surface area contributed by atoms with Crippen LogP contribution in [0, 0.1) is 0 Å². The Bertz CT molecular complexity index is 909. The molecule has 11 heteroatoms. The van der Waals surface area contributed by atoms with Gasteiger partial charge in [0.1, 0.15) is 17.5 Å². The molecule has 2 heterocycles. The first kappa shape index (κ1) is 21.6. The smallest absolute Gasteiger partial charge is 0.344 e. The summed E-state index contributed by atoms with van der Waals surface area (Å²) in [5.74, 6) is -3.73. The Labute approximate surface area is 179 Å². The number of amides is 2. The van der Waals surface area contributed by atoms with Crippen LogP contribution in [-0.4, -0.2) is 62.6 Å². The molecule has 2 aliphatic heterocycles. The minimum atomic E-state index is -2.03. The Balaban J connectivity index is 1.94. The molecule has 0 spiro atoms. The lowest BCUT2D eigenvalue weighted by Gasteiger charge is -2.50. The highest BCUT2D eigenvalue weighted by Crippen LogP contribution is 2.55. The number of carbonyl (C=O) groups is 4. The molecular weight excluding hydrogens is 466 g/mol. The normalized spacial score (nSPS) is 28.2. The number of carboxylic acid groups (broad SMARTS) is 1. The summed E-state index contributed by atoms with van der Waals surface area (Å²) in [5, 5.41) is 11.1.